The Bertz CT molecular complexity index is 818. The van der Waals surface area contributed by atoms with Crippen molar-refractivity contribution >= 4 is 21.7 Å². The highest BCUT2D eigenvalue weighted by molar-refractivity contribution is 7.93. The van der Waals surface area contributed by atoms with Crippen LogP contribution in [0.4, 0.5) is 4.39 Å². The molecule has 2 saturated heterocycles. The highest BCUT2D eigenvalue weighted by Gasteiger charge is 2.64. The van der Waals surface area contributed by atoms with Crippen molar-refractivity contribution in [2.75, 3.05) is 25.4 Å². The topological polar surface area (TPSA) is 101 Å². The van der Waals surface area contributed by atoms with Gasteiger partial charge in [-0.15, -0.1) is 0 Å². The molecule has 1 unspecified atom stereocenters. The molecule has 26 heavy (non-hydrogen) atoms. The summed E-state index contributed by atoms with van der Waals surface area (Å²) in [5, 5.41) is 9.26. The molecule has 0 aliphatic carbocycles. The number of aliphatic carboxylic acids is 1. The van der Waals surface area contributed by atoms with Crippen molar-refractivity contribution in [2.24, 2.45) is 5.92 Å². The van der Waals surface area contributed by atoms with Crippen LogP contribution in [-0.2, 0) is 19.4 Å². The highest BCUT2D eigenvalue weighted by atomic mass is 32.2. The lowest BCUT2D eigenvalue weighted by Crippen LogP contribution is -2.69. The summed E-state index contributed by atoms with van der Waals surface area (Å²) in [5.74, 6) is -2.85. The van der Waals surface area contributed by atoms with E-state index in [2.05, 4.69) is 0 Å². The quantitative estimate of drug-likeness (QED) is 0.736. The van der Waals surface area contributed by atoms with Crippen LogP contribution in [-0.4, -0.2) is 60.5 Å². The van der Waals surface area contributed by atoms with Gasteiger partial charge in [-0.25, -0.2) is 12.8 Å². The molecule has 1 N–H and O–H groups in total. The van der Waals surface area contributed by atoms with Crippen molar-refractivity contribution in [2.45, 2.75) is 24.0 Å². The number of hydrogen-bond donors (Lipinski definition) is 1. The standard InChI is InChI=1S/C17H20FNO6S/c18-13-4-1-2-5-14(13)25-8-3-6-15(20)19-10-17(11-19)12(16(21)22)7-9-26(17,23)24/h1-2,4-5,12H,3,6-11H2,(H,21,22). The van der Waals surface area contributed by atoms with E-state index in [4.69, 9.17) is 4.74 Å². The summed E-state index contributed by atoms with van der Waals surface area (Å²) in [6.07, 6.45) is 0.574. The van der Waals surface area contributed by atoms with E-state index in [1.54, 1.807) is 12.1 Å². The molecule has 2 heterocycles. The van der Waals surface area contributed by atoms with Crippen molar-refractivity contribution in [3.8, 4) is 5.75 Å². The van der Waals surface area contributed by atoms with Gasteiger partial charge >= 0.3 is 5.97 Å². The van der Waals surface area contributed by atoms with Gasteiger partial charge in [-0.2, -0.15) is 0 Å². The van der Waals surface area contributed by atoms with Gasteiger partial charge in [-0.05, 0) is 25.0 Å². The van der Waals surface area contributed by atoms with E-state index in [0.29, 0.717) is 6.42 Å². The Balaban J connectivity index is 1.49. The number of sulfone groups is 1. The van der Waals surface area contributed by atoms with Crippen LogP contribution < -0.4 is 4.74 Å². The van der Waals surface area contributed by atoms with Gasteiger partial charge in [-0.3, -0.25) is 9.59 Å². The normalized spacial score (nSPS) is 22.8. The second kappa shape index (κ2) is 6.86. The number of carboxylic acid groups (broad SMARTS) is 1. The molecule has 2 aliphatic heterocycles. The largest absolute Gasteiger partial charge is 0.491 e. The van der Waals surface area contributed by atoms with Crippen molar-refractivity contribution < 1.29 is 32.2 Å². The summed E-state index contributed by atoms with van der Waals surface area (Å²) in [4.78, 5) is 24.9. The summed E-state index contributed by atoms with van der Waals surface area (Å²) in [5.41, 5.74) is 0. The number of halogens is 1. The molecule has 1 aromatic carbocycles. The van der Waals surface area contributed by atoms with E-state index in [9.17, 15) is 27.5 Å². The molecule has 9 heteroatoms. The average molecular weight is 385 g/mol. The number of hydrogen-bond acceptors (Lipinski definition) is 5. The Labute approximate surface area is 150 Å². The Morgan fingerprint density at radius 1 is 1.31 bits per heavy atom. The lowest BCUT2D eigenvalue weighted by molar-refractivity contribution is -0.149. The molecule has 0 saturated carbocycles. The Morgan fingerprint density at radius 2 is 2.00 bits per heavy atom. The number of benzene rings is 1. The molecule has 1 spiro atoms. The van der Waals surface area contributed by atoms with Gasteiger partial charge in [0.25, 0.3) is 0 Å². The molecule has 1 aromatic rings. The van der Waals surface area contributed by atoms with Crippen LogP contribution in [0.5, 0.6) is 5.75 Å². The van der Waals surface area contributed by atoms with E-state index in [1.807, 2.05) is 0 Å². The lowest BCUT2D eigenvalue weighted by atomic mass is 9.83. The fourth-order valence-corrected chi connectivity index (χ4v) is 5.93. The summed E-state index contributed by atoms with van der Waals surface area (Å²) in [6.45, 7) is 0.0142. The third kappa shape index (κ3) is 3.15. The Kier molecular flexibility index (Phi) is 4.92. The zero-order valence-corrected chi connectivity index (χ0v) is 14.9. The van der Waals surface area contributed by atoms with Crippen molar-refractivity contribution in [3.05, 3.63) is 30.1 Å². The smallest absolute Gasteiger partial charge is 0.308 e. The average Bonchev–Trinajstić information content (AvgIpc) is 2.82. The first-order valence-electron chi connectivity index (χ1n) is 8.37. The summed E-state index contributed by atoms with van der Waals surface area (Å²) in [7, 11) is -3.52. The van der Waals surface area contributed by atoms with E-state index in [1.165, 1.54) is 17.0 Å². The van der Waals surface area contributed by atoms with Gasteiger partial charge in [-0.1, -0.05) is 12.1 Å². The van der Waals surface area contributed by atoms with Crippen LogP contribution in [0.2, 0.25) is 0 Å². The minimum Gasteiger partial charge on any atom is -0.491 e. The second-order valence-corrected chi connectivity index (χ2v) is 9.15. The molecule has 1 amide bonds. The molecule has 3 rings (SSSR count). The molecule has 2 aliphatic rings. The monoisotopic (exact) mass is 385 g/mol. The number of carbonyl (C=O) groups is 2. The lowest BCUT2D eigenvalue weighted by Gasteiger charge is -2.48. The van der Waals surface area contributed by atoms with E-state index in [0.717, 1.165) is 0 Å². The Hall–Kier alpha value is -2.16. The fraction of sp³-hybridized carbons (Fsp3) is 0.529. The molecule has 142 valence electrons. The predicted octanol–water partition coefficient (Wildman–Crippen LogP) is 1.08. The number of carboxylic acids is 1. The van der Waals surface area contributed by atoms with Crippen LogP contribution in [0.1, 0.15) is 19.3 Å². The zero-order chi connectivity index (χ0) is 18.9. The molecular formula is C17H20FNO6S. The summed E-state index contributed by atoms with van der Waals surface area (Å²) in [6, 6.07) is 5.96. The maximum Gasteiger partial charge on any atom is 0.308 e. The molecule has 0 radical (unpaired) electrons. The van der Waals surface area contributed by atoms with Crippen LogP contribution in [0.25, 0.3) is 0 Å². The minimum absolute atomic E-state index is 0.0701. The predicted molar refractivity (Wildman–Crippen MR) is 90.0 cm³/mol. The summed E-state index contributed by atoms with van der Waals surface area (Å²) < 4.78 is 41.8. The van der Waals surface area contributed by atoms with Crippen LogP contribution in [0, 0.1) is 11.7 Å². The van der Waals surface area contributed by atoms with Gasteiger partial charge < -0.3 is 14.7 Å². The molecule has 7 nitrogen and oxygen atoms in total. The van der Waals surface area contributed by atoms with Gasteiger partial charge in [0, 0.05) is 19.5 Å². The van der Waals surface area contributed by atoms with Gasteiger partial charge in [0.1, 0.15) is 4.75 Å². The van der Waals surface area contributed by atoms with Crippen molar-refractivity contribution in [1.29, 1.82) is 0 Å². The molecule has 2 fully saturated rings. The maximum absolute atomic E-state index is 13.4. The number of carbonyl (C=O) groups excluding carboxylic acids is 1. The van der Waals surface area contributed by atoms with Crippen LogP contribution in [0.15, 0.2) is 24.3 Å². The number of para-hydroxylation sites is 1. The number of ether oxygens (including phenoxy) is 1. The molecule has 0 bridgehead atoms. The van der Waals surface area contributed by atoms with Crippen molar-refractivity contribution in [3.63, 3.8) is 0 Å². The van der Waals surface area contributed by atoms with E-state index < -0.39 is 32.3 Å². The summed E-state index contributed by atoms with van der Waals surface area (Å²) >= 11 is 0. The van der Waals surface area contributed by atoms with Crippen molar-refractivity contribution in [1.82, 2.24) is 4.90 Å². The fourth-order valence-electron chi connectivity index (χ4n) is 3.62. The van der Waals surface area contributed by atoms with E-state index in [-0.39, 0.29) is 49.9 Å². The van der Waals surface area contributed by atoms with Gasteiger partial charge in [0.2, 0.25) is 5.91 Å². The van der Waals surface area contributed by atoms with Gasteiger partial charge in [0.05, 0.1) is 18.3 Å². The third-order valence-electron chi connectivity index (χ3n) is 5.13. The molecule has 1 atom stereocenters. The second-order valence-electron chi connectivity index (χ2n) is 6.70. The van der Waals surface area contributed by atoms with Gasteiger partial charge in [0.15, 0.2) is 21.4 Å². The number of likely N-dealkylation sites (tertiary alicyclic amines) is 1. The van der Waals surface area contributed by atoms with E-state index >= 15 is 0 Å². The first-order valence-corrected chi connectivity index (χ1v) is 10.0. The number of nitrogens with zero attached hydrogens (tertiary/aromatic N) is 1. The first-order chi connectivity index (χ1) is 12.3. The number of rotatable bonds is 6. The molecular weight excluding hydrogens is 365 g/mol. The third-order valence-corrected chi connectivity index (χ3v) is 7.68. The minimum atomic E-state index is -3.52. The maximum atomic E-state index is 13.4. The Morgan fingerprint density at radius 3 is 2.65 bits per heavy atom. The SMILES string of the molecule is O=C(O)C1CCS(=O)(=O)C12CN(C(=O)CCCOc1ccccc1F)C2. The highest BCUT2D eigenvalue weighted by Crippen LogP contribution is 2.45. The van der Waals surface area contributed by atoms with Crippen LogP contribution >= 0.6 is 0 Å². The molecule has 0 aromatic heterocycles. The number of amides is 1. The first kappa shape index (κ1) is 18.6. The van der Waals surface area contributed by atoms with Crippen LogP contribution in [0.3, 0.4) is 0 Å². The zero-order valence-electron chi connectivity index (χ0n) is 14.1.